The van der Waals surface area contributed by atoms with Gasteiger partial charge in [-0.15, -0.1) is 93.9 Å². The van der Waals surface area contributed by atoms with Gasteiger partial charge < -0.3 is 14.9 Å². The molecule has 0 aliphatic heterocycles. The first kappa shape index (κ1) is 50.4. The molecule has 56 heavy (non-hydrogen) atoms. The van der Waals surface area contributed by atoms with Crippen molar-refractivity contribution in [3.05, 3.63) is 135 Å². The Hall–Kier alpha value is -1.79. The minimum absolute atomic E-state index is 0. The fraction of sp³-hybridized carbons (Fsp3) is 0.360. The van der Waals surface area contributed by atoms with Gasteiger partial charge in [-0.1, -0.05) is 173 Å². The molecule has 6 heteroatoms. The van der Waals surface area contributed by atoms with Crippen molar-refractivity contribution in [1.82, 2.24) is 0 Å². The zero-order chi connectivity index (χ0) is 36.9. The molecule has 300 valence electrons. The van der Waals surface area contributed by atoms with Crippen LogP contribution in [0.2, 0.25) is 39.3 Å². The van der Waals surface area contributed by atoms with Gasteiger partial charge in [-0.05, 0) is 35.8 Å². The van der Waals surface area contributed by atoms with Gasteiger partial charge in [0.2, 0.25) is 0 Å². The molecule has 0 heterocycles. The van der Waals surface area contributed by atoms with Crippen LogP contribution < -0.4 is 10.4 Å². The fourth-order valence-corrected chi connectivity index (χ4v) is 11.1. The predicted octanol–water partition coefficient (Wildman–Crippen LogP) is 14.4. The molecule has 2 aliphatic carbocycles. The van der Waals surface area contributed by atoms with E-state index in [4.69, 9.17) is 0 Å². The van der Waals surface area contributed by atoms with Crippen molar-refractivity contribution in [1.29, 1.82) is 0 Å². The predicted molar refractivity (Wildman–Crippen MR) is 260 cm³/mol. The summed E-state index contributed by atoms with van der Waals surface area (Å²) < 4.78 is 0. The van der Waals surface area contributed by atoms with Crippen LogP contribution in [0.25, 0.3) is 43.8 Å². The summed E-state index contributed by atoms with van der Waals surface area (Å²) in [5, 5.41) is 8.73. The van der Waals surface area contributed by atoms with E-state index in [2.05, 4.69) is 155 Å². The molecular weight excluding hydrogens is 847 g/mol. The van der Waals surface area contributed by atoms with Crippen LogP contribution in [-0.4, -0.2) is 23.0 Å². The van der Waals surface area contributed by atoms with Crippen LogP contribution in [0.15, 0.2) is 109 Å². The Morgan fingerprint density at radius 3 is 1.14 bits per heavy atom. The molecule has 0 unspecified atom stereocenters. The van der Waals surface area contributed by atoms with E-state index in [1.165, 1.54) is 153 Å². The molecule has 0 amide bonds. The molecule has 0 aromatic heterocycles. The normalized spacial score (nSPS) is 14.3. The van der Waals surface area contributed by atoms with Crippen LogP contribution in [0.1, 0.15) is 62.5 Å². The Labute approximate surface area is 372 Å². The Morgan fingerprint density at radius 1 is 0.518 bits per heavy atom. The van der Waals surface area contributed by atoms with E-state index in [0.29, 0.717) is 0 Å². The van der Waals surface area contributed by atoms with Crippen LogP contribution in [0.4, 0.5) is 0 Å². The Kier molecular flexibility index (Phi) is 20.3. The van der Waals surface area contributed by atoms with E-state index >= 15 is 0 Å². The fourth-order valence-electron chi connectivity index (χ4n) is 8.73. The summed E-state index contributed by atoms with van der Waals surface area (Å²) in [4.78, 5) is 0. The third-order valence-corrected chi connectivity index (χ3v) is 15.9. The molecule has 0 nitrogen and oxygen atoms in total. The van der Waals surface area contributed by atoms with Gasteiger partial charge in [-0.25, -0.2) is 0 Å². The van der Waals surface area contributed by atoms with E-state index in [0.717, 1.165) is 11.8 Å². The van der Waals surface area contributed by atoms with Crippen LogP contribution in [0.3, 0.4) is 0 Å². The molecule has 2 saturated carbocycles. The van der Waals surface area contributed by atoms with Gasteiger partial charge in [0.1, 0.15) is 0 Å². The van der Waals surface area contributed by atoms with Crippen LogP contribution >= 0.6 is 24.8 Å². The van der Waals surface area contributed by atoms with Gasteiger partial charge in [0, 0.05) is 0 Å². The molecule has 0 bridgehead atoms. The van der Waals surface area contributed by atoms with E-state index in [-0.39, 0.29) is 39.7 Å². The maximum atomic E-state index is 3.06. The molecule has 6 aromatic carbocycles. The van der Waals surface area contributed by atoms with Crippen molar-refractivity contribution in [3.63, 3.8) is 0 Å². The summed E-state index contributed by atoms with van der Waals surface area (Å²) in [6.07, 6.45) is 13.9. The quantitative estimate of drug-likeness (QED) is 0.105. The van der Waals surface area contributed by atoms with Crippen LogP contribution in [0, 0.1) is 26.7 Å². The first-order chi connectivity index (χ1) is 25.0. The summed E-state index contributed by atoms with van der Waals surface area (Å²) in [6, 6.07) is 42.0. The Morgan fingerprint density at radius 2 is 0.839 bits per heavy atom. The third-order valence-electron chi connectivity index (χ3n) is 11.7. The van der Waals surface area contributed by atoms with Crippen molar-refractivity contribution in [2.45, 2.75) is 103 Å². The monoisotopic (exact) mass is 910 g/mol. The number of rotatable bonds is 8. The van der Waals surface area contributed by atoms with Gasteiger partial charge in [0.05, 0.1) is 16.1 Å². The van der Waals surface area contributed by atoms with Crippen molar-refractivity contribution >= 4 is 79.8 Å². The maximum absolute atomic E-state index is 3.06. The zero-order valence-electron chi connectivity index (χ0n) is 35.4. The Balaban J connectivity index is 0.000000347. The summed E-state index contributed by atoms with van der Waals surface area (Å²) >= 11 is 1.36. The molecule has 2 fully saturated rings. The summed E-state index contributed by atoms with van der Waals surface area (Å²) in [6.45, 7) is 17.5. The average Bonchev–Trinajstić information content (AvgIpc) is 3.97. The molecule has 2 radical (unpaired) electrons. The molecule has 8 rings (SSSR count). The van der Waals surface area contributed by atoms with Crippen molar-refractivity contribution in [2.75, 3.05) is 0 Å². The first-order valence-corrected chi connectivity index (χ1v) is 31.0. The van der Waals surface area contributed by atoms with E-state index < -0.39 is 16.1 Å². The molecule has 0 atom stereocenters. The van der Waals surface area contributed by atoms with Crippen LogP contribution in [0.5, 0.6) is 0 Å². The van der Waals surface area contributed by atoms with Crippen molar-refractivity contribution in [3.8, 4) is 22.3 Å². The second-order valence-corrected chi connectivity index (χ2v) is 27.9. The van der Waals surface area contributed by atoms with E-state index in [9.17, 15) is 0 Å². The van der Waals surface area contributed by atoms with E-state index in [1.807, 2.05) is 0 Å². The van der Waals surface area contributed by atoms with Crippen molar-refractivity contribution in [2.24, 2.45) is 11.8 Å². The number of halogens is 2. The summed E-state index contributed by atoms with van der Waals surface area (Å²) in [5.41, 5.74) is 8.55. The van der Waals surface area contributed by atoms with Crippen molar-refractivity contribution < 1.29 is 23.3 Å². The second-order valence-electron chi connectivity index (χ2n) is 17.7. The van der Waals surface area contributed by atoms with Gasteiger partial charge in [-0.2, -0.15) is 12.1 Å². The molecule has 2 aliphatic rings. The molecular formula is C50H66Cl2Si3Zr-4. The zero-order valence-corrected chi connectivity index (χ0v) is 42.5. The average molecular weight is 913 g/mol. The summed E-state index contributed by atoms with van der Waals surface area (Å²) in [5.74, 6) is 1.83. The number of hydrogen-bond acceptors (Lipinski definition) is 0. The van der Waals surface area contributed by atoms with Gasteiger partial charge >= 0.3 is 30.2 Å². The molecule has 0 spiro atoms. The SMILES string of the molecule is C[Si](C)(C)c1ccc(-c2cccc3[cH-]c(CC4CCCC4)cc23)cc1.C[Si](C)(C)c1ccc(-c2cccc3[cH-]c(CC4CCCC4)cc23)cc1.Cl.Cl.[CH3-].[CH3-].[Si]=[Zr]. The van der Waals surface area contributed by atoms with Gasteiger partial charge in [0.15, 0.2) is 0 Å². The van der Waals surface area contributed by atoms with Crippen LogP contribution in [-0.2, 0) is 36.2 Å². The molecule has 0 saturated heterocycles. The second kappa shape index (κ2) is 22.5. The van der Waals surface area contributed by atoms with E-state index in [1.54, 1.807) is 0 Å². The van der Waals surface area contributed by atoms with Gasteiger partial charge in [0.25, 0.3) is 0 Å². The number of hydrogen-bond donors (Lipinski definition) is 0. The standard InChI is InChI=1S/2C24H29Si.2CH3.2ClH.Si.Zr/c2*1-25(2,3)22-13-11-20(12-14-22)23-10-6-9-21-16-19(17-24(21)23)15-18-7-4-5-8-18;;;;;;/h2*6,9-14,16-18H,4-5,7-8,15H2,1-3H3;2*1H3;2*1H;;/q4*-1;;;;. The first-order valence-electron chi connectivity index (χ1n) is 19.8. The minimum atomic E-state index is -1.23. The Bertz CT molecular complexity index is 1900. The summed E-state index contributed by atoms with van der Waals surface area (Å²) in [7, 11) is -2.46. The number of fused-ring (bicyclic) bond motifs is 2. The number of benzene rings is 4. The molecule has 0 N–H and O–H groups in total. The topological polar surface area (TPSA) is 0 Å². The van der Waals surface area contributed by atoms with Gasteiger partial charge in [-0.3, -0.25) is 0 Å². The molecule has 6 aromatic rings. The third kappa shape index (κ3) is 12.6.